The molecule has 2 N–H and O–H groups in total. The van der Waals surface area contributed by atoms with Gasteiger partial charge in [0.05, 0.1) is 11.4 Å². The second-order valence-corrected chi connectivity index (χ2v) is 5.26. The van der Waals surface area contributed by atoms with Crippen molar-refractivity contribution in [3.05, 3.63) is 22.4 Å². The molecule has 19 heavy (non-hydrogen) atoms. The van der Waals surface area contributed by atoms with Gasteiger partial charge in [-0.1, -0.05) is 6.07 Å². The van der Waals surface area contributed by atoms with Crippen LogP contribution >= 0.6 is 23.7 Å². The third kappa shape index (κ3) is 4.19. The van der Waals surface area contributed by atoms with Gasteiger partial charge in [-0.05, 0) is 24.4 Å². The van der Waals surface area contributed by atoms with Crippen molar-refractivity contribution in [2.24, 2.45) is 0 Å². The number of likely N-dealkylation sites (N-methyl/N-ethyl adjacent to an activating group) is 1. The summed E-state index contributed by atoms with van der Waals surface area (Å²) in [5.41, 5.74) is 0. The zero-order valence-electron chi connectivity index (χ0n) is 10.7. The van der Waals surface area contributed by atoms with Crippen LogP contribution in [0.4, 0.5) is 0 Å². The molecule has 0 aromatic carbocycles. The lowest BCUT2D eigenvalue weighted by Crippen LogP contribution is -2.44. The molecule has 1 atom stereocenters. The van der Waals surface area contributed by atoms with E-state index in [9.17, 15) is 9.59 Å². The van der Waals surface area contributed by atoms with Gasteiger partial charge in [-0.15, -0.1) is 23.7 Å². The molecule has 7 heteroatoms. The summed E-state index contributed by atoms with van der Waals surface area (Å²) in [5, 5.41) is 7.71. The number of amides is 2. The van der Waals surface area contributed by atoms with E-state index in [2.05, 4.69) is 10.6 Å². The molecule has 1 aliphatic rings. The van der Waals surface area contributed by atoms with Gasteiger partial charge in [0, 0.05) is 19.6 Å². The van der Waals surface area contributed by atoms with Gasteiger partial charge >= 0.3 is 0 Å². The summed E-state index contributed by atoms with van der Waals surface area (Å²) < 4.78 is 0. The Morgan fingerprint density at radius 3 is 2.95 bits per heavy atom. The zero-order valence-corrected chi connectivity index (χ0v) is 12.4. The Morgan fingerprint density at radius 2 is 2.37 bits per heavy atom. The summed E-state index contributed by atoms with van der Waals surface area (Å²) in [5.74, 6) is -0.232. The van der Waals surface area contributed by atoms with Crippen LogP contribution in [0, 0.1) is 0 Å². The van der Waals surface area contributed by atoms with Crippen LogP contribution in [0.5, 0.6) is 0 Å². The predicted molar refractivity (Wildman–Crippen MR) is 77.9 cm³/mol. The van der Waals surface area contributed by atoms with Gasteiger partial charge in [0.2, 0.25) is 5.91 Å². The fourth-order valence-corrected chi connectivity index (χ4v) is 2.59. The highest BCUT2D eigenvalue weighted by Crippen LogP contribution is 2.08. The molecule has 1 fully saturated rings. The van der Waals surface area contributed by atoms with Gasteiger partial charge in [0.1, 0.15) is 0 Å². The molecular weight excluding hydrogens is 286 g/mol. The second-order valence-electron chi connectivity index (χ2n) is 4.31. The summed E-state index contributed by atoms with van der Waals surface area (Å²) in [7, 11) is 1.79. The predicted octanol–water partition coefficient (Wildman–Crippen LogP) is 0.720. The summed E-state index contributed by atoms with van der Waals surface area (Å²) >= 11 is 1.37. The number of carbonyl (C=O) groups excluding carboxylic acids is 2. The Bertz CT molecular complexity index is 419. The number of carbonyl (C=O) groups is 2. The molecule has 0 spiro atoms. The van der Waals surface area contributed by atoms with E-state index in [1.54, 1.807) is 18.0 Å². The molecule has 1 aromatic rings. The minimum absolute atomic E-state index is 0. The molecule has 1 unspecified atom stereocenters. The number of halogens is 1. The number of hydrogen-bond donors (Lipinski definition) is 2. The van der Waals surface area contributed by atoms with Crippen LogP contribution in [0.25, 0.3) is 0 Å². The van der Waals surface area contributed by atoms with Crippen LogP contribution < -0.4 is 10.6 Å². The lowest BCUT2D eigenvalue weighted by Gasteiger charge is -2.23. The highest BCUT2D eigenvalue weighted by Gasteiger charge is 2.23. The third-order valence-corrected chi connectivity index (χ3v) is 3.99. The summed E-state index contributed by atoms with van der Waals surface area (Å²) in [4.78, 5) is 25.9. The Balaban J connectivity index is 0.00000180. The van der Waals surface area contributed by atoms with Crippen molar-refractivity contribution in [3.63, 3.8) is 0 Å². The Morgan fingerprint density at radius 1 is 1.58 bits per heavy atom. The lowest BCUT2D eigenvalue weighted by molar-refractivity contribution is -0.130. The van der Waals surface area contributed by atoms with E-state index in [1.807, 2.05) is 11.4 Å². The smallest absolute Gasteiger partial charge is 0.261 e. The Hall–Kier alpha value is -1.11. The number of nitrogens with one attached hydrogen (secondary N) is 2. The average Bonchev–Trinajstić information content (AvgIpc) is 3.05. The van der Waals surface area contributed by atoms with Crippen LogP contribution in [-0.4, -0.2) is 49.4 Å². The van der Waals surface area contributed by atoms with Crippen LogP contribution in [-0.2, 0) is 4.79 Å². The molecule has 1 aliphatic heterocycles. The van der Waals surface area contributed by atoms with E-state index in [-0.39, 0.29) is 36.8 Å². The molecule has 0 bridgehead atoms. The minimum atomic E-state index is -0.184. The maximum absolute atomic E-state index is 11.9. The number of nitrogens with zero attached hydrogens (tertiary/aromatic N) is 1. The van der Waals surface area contributed by atoms with Crippen LogP contribution in [0.15, 0.2) is 17.5 Å². The van der Waals surface area contributed by atoms with Crippen LogP contribution in [0.3, 0.4) is 0 Å². The molecule has 5 nitrogen and oxygen atoms in total. The summed E-state index contributed by atoms with van der Waals surface area (Å²) in [6, 6.07) is 3.81. The summed E-state index contributed by atoms with van der Waals surface area (Å²) in [6.07, 6.45) is 0.973. The fraction of sp³-hybridized carbons (Fsp3) is 0.500. The third-order valence-electron chi connectivity index (χ3n) is 3.12. The molecule has 0 radical (unpaired) electrons. The molecular formula is C12H18ClN3O2S. The van der Waals surface area contributed by atoms with Crippen molar-refractivity contribution in [2.75, 3.05) is 26.7 Å². The number of hydrogen-bond acceptors (Lipinski definition) is 4. The second kappa shape index (κ2) is 7.47. The lowest BCUT2D eigenvalue weighted by atomic mass is 10.2. The van der Waals surface area contributed by atoms with E-state index in [1.165, 1.54) is 11.3 Å². The summed E-state index contributed by atoms with van der Waals surface area (Å²) in [6.45, 7) is 1.84. The monoisotopic (exact) mass is 303 g/mol. The molecule has 0 saturated carbocycles. The Labute approximate surface area is 122 Å². The maximum atomic E-state index is 11.9. The molecule has 1 aromatic heterocycles. The van der Waals surface area contributed by atoms with Crippen LogP contribution in [0.1, 0.15) is 16.1 Å². The normalized spacial score (nSPS) is 17.6. The van der Waals surface area contributed by atoms with Crippen molar-refractivity contribution in [1.29, 1.82) is 0 Å². The average molecular weight is 304 g/mol. The Kier molecular flexibility index (Phi) is 6.27. The first-order chi connectivity index (χ1) is 8.68. The van der Waals surface area contributed by atoms with Gasteiger partial charge in [0.15, 0.2) is 0 Å². The fourth-order valence-electron chi connectivity index (χ4n) is 1.95. The van der Waals surface area contributed by atoms with Gasteiger partial charge in [-0.3, -0.25) is 9.59 Å². The molecule has 1 saturated heterocycles. The first kappa shape index (κ1) is 15.9. The first-order valence-corrected chi connectivity index (χ1v) is 6.84. The first-order valence-electron chi connectivity index (χ1n) is 5.96. The molecule has 106 valence electrons. The molecule has 0 aliphatic carbocycles. The highest BCUT2D eigenvalue weighted by molar-refractivity contribution is 7.12. The van der Waals surface area contributed by atoms with E-state index < -0.39 is 0 Å². The quantitative estimate of drug-likeness (QED) is 0.861. The molecule has 2 rings (SSSR count). The zero-order chi connectivity index (χ0) is 13.0. The van der Waals surface area contributed by atoms with Crippen LogP contribution in [0.2, 0.25) is 0 Å². The van der Waals surface area contributed by atoms with E-state index in [0.29, 0.717) is 4.88 Å². The minimum Gasteiger partial charge on any atom is -0.342 e. The van der Waals surface area contributed by atoms with Crippen molar-refractivity contribution in [3.8, 4) is 0 Å². The van der Waals surface area contributed by atoms with Crippen molar-refractivity contribution in [2.45, 2.75) is 12.5 Å². The molecule has 2 heterocycles. The van der Waals surface area contributed by atoms with Crippen molar-refractivity contribution < 1.29 is 9.59 Å². The standard InChI is InChI=1S/C12H17N3O2S.ClH/c1-15(9-4-5-13-7-9)11(16)8-14-12(17)10-3-2-6-18-10;/h2-3,6,9,13H,4-5,7-8H2,1H3,(H,14,17);1H. The highest BCUT2D eigenvalue weighted by atomic mass is 35.5. The topological polar surface area (TPSA) is 61.4 Å². The van der Waals surface area contributed by atoms with E-state index in [0.717, 1.165) is 19.5 Å². The van der Waals surface area contributed by atoms with Crippen molar-refractivity contribution >= 4 is 35.6 Å². The maximum Gasteiger partial charge on any atom is 0.261 e. The van der Waals surface area contributed by atoms with Gasteiger partial charge in [0.25, 0.3) is 5.91 Å². The van der Waals surface area contributed by atoms with E-state index >= 15 is 0 Å². The molecule has 2 amide bonds. The number of thiophene rings is 1. The SMILES string of the molecule is CN(C(=O)CNC(=O)c1cccs1)C1CCNC1.Cl. The van der Waals surface area contributed by atoms with Gasteiger partial charge in [-0.25, -0.2) is 0 Å². The van der Waals surface area contributed by atoms with Gasteiger partial charge in [-0.2, -0.15) is 0 Å². The van der Waals surface area contributed by atoms with Gasteiger partial charge < -0.3 is 15.5 Å². The largest absolute Gasteiger partial charge is 0.342 e. The van der Waals surface area contributed by atoms with E-state index in [4.69, 9.17) is 0 Å². The van der Waals surface area contributed by atoms with Crippen molar-refractivity contribution in [1.82, 2.24) is 15.5 Å². The number of rotatable bonds is 4.